The van der Waals surface area contributed by atoms with Crippen LogP contribution in [-0.4, -0.2) is 6.36 Å². The topological polar surface area (TPSA) is 9.23 Å². The lowest BCUT2D eigenvalue weighted by atomic mass is 10.1. The molecule has 2 rings (SSSR count). The van der Waals surface area contributed by atoms with E-state index in [1.54, 1.807) is 23.5 Å². The molecule has 0 fully saturated rings. The van der Waals surface area contributed by atoms with E-state index < -0.39 is 6.36 Å². The average molecular weight is 495 g/mol. The van der Waals surface area contributed by atoms with Gasteiger partial charge in [0.1, 0.15) is 5.75 Å². The van der Waals surface area contributed by atoms with Gasteiger partial charge in [0, 0.05) is 9.35 Å². The zero-order valence-corrected chi connectivity index (χ0v) is 15.1. The first-order chi connectivity index (χ1) is 9.26. The molecule has 1 nitrogen and oxygen atoms in total. The molecular weight excluding hydrogens is 489 g/mol. The summed E-state index contributed by atoms with van der Waals surface area (Å²) in [5, 5.41) is 0. The first-order valence-electron chi connectivity index (χ1n) is 5.21. The fourth-order valence-corrected chi connectivity index (χ4v) is 4.30. The Labute approximate surface area is 142 Å². The Morgan fingerprint density at radius 2 is 1.70 bits per heavy atom. The van der Waals surface area contributed by atoms with Crippen LogP contribution in [0.5, 0.6) is 5.75 Å². The summed E-state index contributed by atoms with van der Waals surface area (Å²) in [6.07, 6.45) is -4.67. The number of ether oxygens (including phenoxy) is 1. The van der Waals surface area contributed by atoms with Crippen molar-refractivity contribution >= 4 is 59.1 Å². The maximum atomic E-state index is 12.1. The zero-order chi connectivity index (χ0) is 14.9. The van der Waals surface area contributed by atoms with Crippen molar-refractivity contribution in [3.63, 3.8) is 0 Å². The summed E-state index contributed by atoms with van der Waals surface area (Å²) in [7, 11) is 0. The zero-order valence-electron chi connectivity index (χ0n) is 9.55. The third kappa shape index (κ3) is 4.22. The molecule has 0 aliphatic rings. The van der Waals surface area contributed by atoms with Crippen LogP contribution in [-0.2, 0) is 0 Å². The minimum atomic E-state index is -4.67. The van der Waals surface area contributed by atoms with Crippen molar-refractivity contribution in [3.05, 3.63) is 49.0 Å². The molecule has 0 aliphatic heterocycles. The van der Waals surface area contributed by atoms with Crippen LogP contribution in [0.25, 0.3) is 0 Å². The number of alkyl halides is 4. The van der Waals surface area contributed by atoms with E-state index in [0.717, 1.165) is 18.7 Å². The molecule has 0 aliphatic carbocycles. The standard InChI is InChI=1S/C12H6Br3F3OS/c13-8-5-9(20-11(8)15)10(14)6-1-3-7(4-2-6)19-12(16,17)18/h1-5,10H. The Hall–Kier alpha value is -0.0500. The maximum Gasteiger partial charge on any atom is 0.573 e. The number of hydrogen-bond acceptors (Lipinski definition) is 2. The van der Waals surface area contributed by atoms with Crippen LogP contribution in [0.3, 0.4) is 0 Å². The summed E-state index contributed by atoms with van der Waals surface area (Å²) in [5.74, 6) is -0.227. The fourth-order valence-electron chi connectivity index (χ4n) is 1.49. The molecule has 0 N–H and O–H groups in total. The van der Waals surface area contributed by atoms with E-state index in [1.807, 2.05) is 6.07 Å². The van der Waals surface area contributed by atoms with Gasteiger partial charge < -0.3 is 4.74 Å². The van der Waals surface area contributed by atoms with Crippen molar-refractivity contribution in [1.29, 1.82) is 0 Å². The second kappa shape index (κ2) is 6.37. The number of rotatable bonds is 3. The summed E-state index contributed by atoms with van der Waals surface area (Å²) in [5.41, 5.74) is 0.848. The molecule has 0 bridgehead atoms. The fraction of sp³-hybridized carbons (Fsp3) is 0.167. The maximum absolute atomic E-state index is 12.1. The Kier molecular flexibility index (Phi) is 5.20. The molecule has 0 amide bonds. The van der Waals surface area contributed by atoms with Gasteiger partial charge in [0.25, 0.3) is 0 Å². The lowest BCUT2D eigenvalue weighted by Crippen LogP contribution is -2.17. The number of thiophene rings is 1. The third-order valence-electron chi connectivity index (χ3n) is 2.32. The van der Waals surface area contributed by atoms with Gasteiger partial charge in [-0.15, -0.1) is 24.5 Å². The average Bonchev–Trinajstić information content (AvgIpc) is 2.68. The van der Waals surface area contributed by atoms with Gasteiger partial charge in [-0.1, -0.05) is 28.1 Å². The first kappa shape index (κ1) is 16.3. The molecule has 20 heavy (non-hydrogen) atoms. The highest BCUT2D eigenvalue weighted by molar-refractivity contribution is 9.13. The van der Waals surface area contributed by atoms with Crippen molar-refractivity contribution in [2.24, 2.45) is 0 Å². The monoisotopic (exact) mass is 492 g/mol. The molecule has 1 unspecified atom stereocenters. The SMILES string of the molecule is FC(F)(F)Oc1ccc(C(Br)c2cc(Br)c(Br)s2)cc1. The van der Waals surface area contributed by atoms with E-state index >= 15 is 0 Å². The van der Waals surface area contributed by atoms with Crippen LogP contribution in [0, 0.1) is 0 Å². The molecule has 1 heterocycles. The second-order valence-electron chi connectivity index (χ2n) is 3.75. The van der Waals surface area contributed by atoms with Gasteiger partial charge in [-0.3, -0.25) is 0 Å². The Balaban J connectivity index is 2.17. The van der Waals surface area contributed by atoms with E-state index in [-0.39, 0.29) is 10.6 Å². The summed E-state index contributed by atoms with van der Waals surface area (Å²) < 4.78 is 42.0. The third-order valence-corrected chi connectivity index (χ3v) is 6.97. The normalized spacial score (nSPS) is 13.3. The molecule has 0 spiro atoms. The van der Waals surface area contributed by atoms with Gasteiger partial charge in [0.05, 0.1) is 8.61 Å². The molecule has 0 saturated heterocycles. The molecule has 0 radical (unpaired) electrons. The summed E-state index contributed by atoms with van der Waals surface area (Å²) >= 11 is 11.9. The quantitative estimate of drug-likeness (QED) is 0.434. The van der Waals surface area contributed by atoms with Crippen LogP contribution in [0.15, 0.2) is 38.6 Å². The molecule has 108 valence electrons. The van der Waals surface area contributed by atoms with Crippen molar-refractivity contribution < 1.29 is 17.9 Å². The summed E-state index contributed by atoms with van der Waals surface area (Å²) in [6.45, 7) is 0. The highest BCUT2D eigenvalue weighted by Gasteiger charge is 2.31. The molecule has 1 atom stereocenters. The van der Waals surface area contributed by atoms with Crippen LogP contribution < -0.4 is 4.74 Å². The van der Waals surface area contributed by atoms with E-state index in [1.165, 1.54) is 12.1 Å². The lowest BCUT2D eigenvalue weighted by Gasteiger charge is -2.11. The van der Waals surface area contributed by atoms with E-state index in [2.05, 4.69) is 52.5 Å². The van der Waals surface area contributed by atoms with Crippen LogP contribution >= 0.6 is 59.1 Å². The Morgan fingerprint density at radius 1 is 1.10 bits per heavy atom. The molecule has 1 aromatic carbocycles. The van der Waals surface area contributed by atoms with Gasteiger partial charge in [0.15, 0.2) is 0 Å². The molecule has 8 heteroatoms. The van der Waals surface area contributed by atoms with Crippen molar-refractivity contribution in [2.45, 2.75) is 11.2 Å². The van der Waals surface area contributed by atoms with Crippen LogP contribution in [0.4, 0.5) is 13.2 Å². The van der Waals surface area contributed by atoms with E-state index in [4.69, 9.17) is 0 Å². The van der Waals surface area contributed by atoms with Crippen molar-refractivity contribution in [1.82, 2.24) is 0 Å². The largest absolute Gasteiger partial charge is 0.573 e. The summed E-state index contributed by atoms with van der Waals surface area (Å²) in [6, 6.07) is 7.75. The second-order valence-corrected chi connectivity index (χ2v) is 7.92. The number of hydrogen-bond donors (Lipinski definition) is 0. The molecule has 0 saturated carbocycles. The van der Waals surface area contributed by atoms with E-state index in [0.29, 0.717) is 0 Å². The highest BCUT2D eigenvalue weighted by Crippen LogP contribution is 2.41. The molecule has 1 aromatic heterocycles. The minimum absolute atomic E-state index is 0.0879. The predicted octanol–water partition coefficient (Wildman–Crippen LogP) is 6.66. The van der Waals surface area contributed by atoms with Crippen LogP contribution in [0.2, 0.25) is 0 Å². The van der Waals surface area contributed by atoms with Crippen molar-refractivity contribution in [3.8, 4) is 5.75 Å². The smallest absolute Gasteiger partial charge is 0.406 e. The van der Waals surface area contributed by atoms with Crippen molar-refractivity contribution in [2.75, 3.05) is 0 Å². The Morgan fingerprint density at radius 3 is 2.15 bits per heavy atom. The van der Waals surface area contributed by atoms with Crippen LogP contribution in [0.1, 0.15) is 15.3 Å². The molecular formula is C12H6Br3F3OS. The number of halogens is 6. The Bertz CT molecular complexity index is 575. The van der Waals surface area contributed by atoms with Gasteiger partial charge in [0.2, 0.25) is 0 Å². The number of benzene rings is 1. The van der Waals surface area contributed by atoms with Gasteiger partial charge in [-0.2, -0.15) is 0 Å². The van der Waals surface area contributed by atoms with E-state index in [9.17, 15) is 13.2 Å². The first-order valence-corrected chi connectivity index (χ1v) is 8.52. The van der Waals surface area contributed by atoms with Gasteiger partial charge >= 0.3 is 6.36 Å². The van der Waals surface area contributed by atoms with Gasteiger partial charge in [-0.25, -0.2) is 0 Å². The minimum Gasteiger partial charge on any atom is -0.406 e. The van der Waals surface area contributed by atoms with Gasteiger partial charge in [-0.05, 0) is 55.6 Å². The highest BCUT2D eigenvalue weighted by atomic mass is 79.9. The summed E-state index contributed by atoms with van der Waals surface area (Å²) in [4.78, 5) is 0.947. The predicted molar refractivity (Wildman–Crippen MR) is 83.6 cm³/mol. The lowest BCUT2D eigenvalue weighted by molar-refractivity contribution is -0.274. The molecule has 2 aromatic rings.